The number of carbonyl (C=O) groups is 1. The molecule has 1 aliphatic rings. The molecule has 1 aliphatic carbocycles. The molecule has 0 fully saturated rings. The maximum Gasteiger partial charge on any atom is 0.230 e. The van der Waals surface area contributed by atoms with Gasteiger partial charge in [-0.3, -0.25) is 4.79 Å². The number of amides is 1. The van der Waals surface area contributed by atoms with Crippen molar-refractivity contribution < 1.29 is 18.7 Å². The molecule has 0 unspecified atom stereocenters. The number of halogens is 3. The third kappa shape index (κ3) is 6.57. The molecule has 0 bridgehead atoms. The summed E-state index contributed by atoms with van der Waals surface area (Å²) in [5, 5.41) is 17.1. The van der Waals surface area contributed by atoms with E-state index in [2.05, 4.69) is 51.7 Å². The number of nitrogens with one attached hydrogen (secondary N) is 2. The van der Waals surface area contributed by atoms with Crippen molar-refractivity contribution in [3.63, 3.8) is 0 Å². The summed E-state index contributed by atoms with van der Waals surface area (Å²) in [4.78, 5) is 12.0. The highest BCUT2D eigenvalue weighted by atomic mass is 79.9. The molecule has 0 heterocycles. The van der Waals surface area contributed by atoms with Gasteiger partial charge < -0.3 is 15.7 Å². The van der Waals surface area contributed by atoms with E-state index >= 15 is 0 Å². The SMILES string of the molecule is CCc1ccc2c(c1)[C@@H](NC[C@H](O)[C@H](Cc1cc(F)cc(F)c1)NC(=O)CBr)CCC2. The predicted molar refractivity (Wildman–Crippen MR) is 121 cm³/mol. The van der Waals surface area contributed by atoms with Gasteiger partial charge in [-0.1, -0.05) is 41.1 Å². The van der Waals surface area contributed by atoms with E-state index in [1.54, 1.807) is 0 Å². The van der Waals surface area contributed by atoms with E-state index < -0.39 is 23.8 Å². The van der Waals surface area contributed by atoms with E-state index in [1.165, 1.54) is 28.8 Å². The lowest BCUT2D eigenvalue weighted by Crippen LogP contribution is -2.49. The number of aryl methyl sites for hydroxylation is 2. The number of hydrogen-bond acceptors (Lipinski definition) is 3. The van der Waals surface area contributed by atoms with Crippen LogP contribution in [-0.2, 0) is 24.1 Å². The van der Waals surface area contributed by atoms with Crippen LogP contribution >= 0.6 is 15.9 Å². The molecule has 31 heavy (non-hydrogen) atoms. The van der Waals surface area contributed by atoms with Crippen LogP contribution in [0.1, 0.15) is 48.1 Å². The van der Waals surface area contributed by atoms with E-state index in [9.17, 15) is 18.7 Å². The topological polar surface area (TPSA) is 61.4 Å². The van der Waals surface area contributed by atoms with Crippen molar-refractivity contribution in [2.24, 2.45) is 0 Å². The molecule has 3 rings (SSSR count). The molecule has 0 spiro atoms. The van der Waals surface area contributed by atoms with Gasteiger partial charge in [0, 0.05) is 18.7 Å². The van der Waals surface area contributed by atoms with E-state index in [0.29, 0.717) is 5.56 Å². The summed E-state index contributed by atoms with van der Waals surface area (Å²) in [6.45, 7) is 2.38. The maximum atomic E-state index is 13.6. The monoisotopic (exact) mass is 494 g/mol. The van der Waals surface area contributed by atoms with Gasteiger partial charge in [0.2, 0.25) is 5.91 Å². The fourth-order valence-corrected chi connectivity index (χ4v) is 4.36. The van der Waals surface area contributed by atoms with Crippen molar-refractivity contribution >= 4 is 21.8 Å². The van der Waals surface area contributed by atoms with Crippen LogP contribution in [0.25, 0.3) is 0 Å². The summed E-state index contributed by atoms with van der Waals surface area (Å²) in [5.41, 5.74) is 4.26. The molecular formula is C24H29BrF2N2O2. The summed E-state index contributed by atoms with van der Waals surface area (Å²) in [6, 6.07) is 9.29. The number of hydrogen-bond donors (Lipinski definition) is 3. The van der Waals surface area contributed by atoms with Gasteiger partial charge in [0.1, 0.15) is 11.6 Å². The molecule has 0 aliphatic heterocycles. The first-order chi connectivity index (χ1) is 14.9. The van der Waals surface area contributed by atoms with Crippen LogP contribution in [0.15, 0.2) is 36.4 Å². The van der Waals surface area contributed by atoms with Crippen LogP contribution in [0.5, 0.6) is 0 Å². The van der Waals surface area contributed by atoms with Gasteiger partial charge >= 0.3 is 0 Å². The first-order valence-corrected chi connectivity index (χ1v) is 11.8. The fourth-order valence-electron chi connectivity index (χ4n) is 4.20. The second kappa shape index (κ2) is 11.2. The van der Waals surface area contributed by atoms with Gasteiger partial charge in [-0.05, 0) is 66.5 Å². The van der Waals surface area contributed by atoms with Crippen molar-refractivity contribution in [2.45, 2.75) is 57.2 Å². The lowest BCUT2D eigenvalue weighted by molar-refractivity contribution is -0.120. The Balaban J connectivity index is 1.70. The predicted octanol–water partition coefficient (Wildman–Crippen LogP) is 3.98. The van der Waals surface area contributed by atoms with Crippen LogP contribution in [0.3, 0.4) is 0 Å². The molecule has 1 amide bonds. The Morgan fingerprint density at radius 3 is 2.61 bits per heavy atom. The molecule has 2 aromatic carbocycles. The van der Waals surface area contributed by atoms with Gasteiger partial charge in [0.15, 0.2) is 0 Å². The number of benzene rings is 2. The van der Waals surface area contributed by atoms with E-state index in [4.69, 9.17) is 0 Å². The van der Waals surface area contributed by atoms with E-state index in [-0.39, 0.29) is 30.2 Å². The Labute approximate surface area is 190 Å². The smallest absolute Gasteiger partial charge is 0.230 e. The number of rotatable bonds is 9. The zero-order valence-corrected chi connectivity index (χ0v) is 19.2. The Bertz CT molecular complexity index is 889. The fraction of sp³-hybridized carbons (Fsp3) is 0.458. The number of aliphatic hydroxyl groups excluding tert-OH is 1. The Morgan fingerprint density at radius 1 is 1.19 bits per heavy atom. The van der Waals surface area contributed by atoms with Crippen molar-refractivity contribution in [3.8, 4) is 0 Å². The highest BCUT2D eigenvalue weighted by molar-refractivity contribution is 9.09. The standard InChI is InChI=1S/C24H29BrF2N2O2/c1-2-15-6-7-17-4-3-5-21(20(17)10-15)28-14-23(30)22(29-24(31)13-25)11-16-8-18(26)12-19(27)9-16/h6-10,12,21-23,28,30H,2-5,11,13-14H2,1H3,(H,29,31)/t21-,22-,23-/m0/s1. The van der Waals surface area contributed by atoms with Crippen LogP contribution in [0.2, 0.25) is 0 Å². The van der Waals surface area contributed by atoms with Crippen molar-refractivity contribution in [1.82, 2.24) is 10.6 Å². The number of fused-ring (bicyclic) bond motifs is 1. The summed E-state index contributed by atoms with van der Waals surface area (Å²) >= 11 is 3.10. The zero-order valence-electron chi connectivity index (χ0n) is 17.6. The third-order valence-electron chi connectivity index (χ3n) is 5.82. The quantitative estimate of drug-likeness (QED) is 0.462. The minimum atomic E-state index is -0.922. The molecule has 0 radical (unpaired) electrons. The highest BCUT2D eigenvalue weighted by Gasteiger charge is 2.25. The highest BCUT2D eigenvalue weighted by Crippen LogP contribution is 2.30. The number of alkyl halides is 1. The lowest BCUT2D eigenvalue weighted by Gasteiger charge is -2.30. The van der Waals surface area contributed by atoms with Crippen molar-refractivity contribution in [3.05, 3.63) is 70.3 Å². The summed E-state index contributed by atoms with van der Waals surface area (Å²) in [5.74, 6) is -1.66. The van der Waals surface area contributed by atoms with Gasteiger partial charge in [-0.2, -0.15) is 0 Å². The second-order valence-electron chi connectivity index (χ2n) is 8.10. The minimum absolute atomic E-state index is 0.0803. The average molecular weight is 495 g/mol. The van der Waals surface area contributed by atoms with Crippen LogP contribution < -0.4 is 10.6 Å². The molecule has 0 aromatic heterocycles. The van der Waals surface area contributed by atoms with Gasteiger partial charge in [-0.25, -0.2) is 8.78 Å². The maximum absolute atomic E-state index is 13.6. The Kier molecular flexibility index (Phi) is 8.58. The van der Waals surface area contributed by atoms with Gasteiger partial charge in [0.05, 0.1) is 17.5 Å². The lowest BCUT2D eigenvalue weighted by atomic mass is 9.86. The average Bonchev–Trinajstić information content (AvgIpc) is 2.75. The van der Waals surface area contributed by atoms with Crippen molar-refractivity contribution in [2.75, 3.05) is 11.9 Å². The second-order valence-corrected chi connectivity index (χ2v) is 8.66. The third-order valence-corrected chi connectivity index (χ3v) is 6.33. The number of carbonyl (C=O) groups excluding carboxylic acids is 1. The largest absolute Gasteiger partial charge is 0.390 e. The molecule has 3 N–H and O–H groups in total. The first-order valence-electron chi connectivity index (χ1n) is 10.7. The normalized spacial score (nSPS) is 17.6. The molecule has 168 valence electrons. The summed E-state index contributed by atoms with van der Waals surface area (Å²) in [7, 11) is 0. The van der Waals surface area contributed by atoms with Gasteiger partial charge in [-0.15, -0.1) is 0 Å². The molecule has 0 saturated heterocycles. The Morgan fingerprint density at radius 2 is 1.94 bits per heavy atom. The number of aliphatic hydroxyl groups is 1. The van der Waals surface area contributed by atoms with E-state index in [0.717, 1.165) is 31.7 Å². The molecule has 4 nitrogen and oxygen atoms in total. The zero-order chi connectivity index (χ0) is 22.4. The minimum Gasteiger partial charge on any atom is -0.390 e. The van der Waals surface area contributed by atoms with Gasteiger partial charge in [0.25, 0.3) is 0 Å². The molecular weight excluding hydrogens is 466 g/mol. The van der Waals surface area contributed by atoms with Crippen LogP contribution in [0, 0.1) is 11.6 Å². The van der Waals surface area contributed by atoms with Crippen LogP contribution in [0.4, 0.5) is 8.78 Å². The van der Waals surface area contributed by atoms with Crippen molar-refractivity contribution in [1.29, 1.82) is 0 Å². The molecule has 2 aromatic rings. The van der Waals surface area contributed by atoms with Crippen LogP contribution in [-0.4, -0.2) is 35.0 Å². The molecule has 3 atom stereocenters. The first kappa shape index (κ1) is 23.8. The molecule has 0 saturated carbocycles. The summed E-state index contributed by atoms with van der Waals surface area (Å²) < 4.78 is 27.2. The molecule has 7 heteroatoms. The Hall–Kier alpha value is -1.83. The van der Waals surface area contributed by atoms with E-state index in [1.807, 2.05) is 0 Å². The summed E-state index contributed by atoms with van der Waals surface area (Å²) in [6.07, 6.45) is 3.26.